The molecule has 0 fully saturated rings. The molecule has 1 aromatic rings. The number of carboxylic acid groups (broad SMARTS) is 1. The third-order valence-corrected chi connectivity index (χ3v) is 4.74. The first-order valence-corrected chi connectivity index (χ1v) is 8.50. The molecule has 1 aliphatic heterocycles. The van der Waals surface area contributed by atoms with Crippen LogP contribution >= 0.6 is 11.8 Å². The van der Waals surface area contributed by atoms with Gasteiger partial charge in [0.25, 0.3) is 0 Å². The van der Waals surface area contributed by atoms with E-state index in [9.17, 15) is 14.7 Å². The van der Waals surface area contributed by atoms with E-state index in [2.05, 4.69) is 6.92 Å². The molecule has 114 valence electrons. The van der Waals surface area contributed by atoms with Crippen LogP contribution in [0.25, 0.3) is 0 Å². The van der Waals surface area contributed by atoms with Gasteiger partial charge in [-0.3, -0.25) is 9.59 Å². The molecular formula is C16H21NO3S. The molecule has 21 heavy (non-hydrogen) atoms. The summed E-state index contributed by atoms with van der Waals surface area (Å²) in [5, 5.41) is 9.30. The number of hydrogen-bond donors (Lipinski definition) is 1. The minimum Gasteiger partial charge on any atom is -0.481 e. The van der Waals surface area contributed by atoms with Crippen molar-refractivity contribution in [2.45, 2.75) is 32.1 Å². The van der Waals surface area contributed by atoms with Gasteiger partial charge in [-0.05, 0) is 30.2 Å². The van der Waals surface area contributed by atoms with E-state index in [0.717, 1.165) is 29.8 Å². The lowest BCUT2D eigenvalue weighted by molar-refractivity contribution is -0.139. The van der Waals surface area contributed by atoms with Crippen molar-refractivity contribution in [1.82, 2.24) is 0 Å². The minimum atomic E-state index is -0.813. The monoisotopic (exact) mass is 307 g/mol. The molecule has 0 saturated heterocycles. The molecular weight excluding hydrogens is 286 g/mol. The van der Waals surface area contributed by atoms with Gasteiger partial charge in [0, 0.05) is 12.2 Å². The molecule has 2 rings (SSSR count). The second-order valence-corrected chi connectivity index (χ2v) is 6.30. The highest BCUT2D eigenvalue weighted by atomic mass is 32.2. The molecule has 5 heteroatoms. The number of rotatable bonds is 6. The molecule has 0 aromatic heterocycles. The van der Waals surface area contributed by atoms with E-state index in [-0.39, 0.29) is 5.91 Å². The fraction of sp³-hybridized carbons (Fsp3) is 0.500. The number of carboxylic acids is 1. The summed E-state index contributed by atoms with van der Waals surface area (Å²) in [6.07, 6.45) is 2.74. The van der Waals surface area contributed by atoms with Gasteiger partial charge in [-0.1, -0.05) is 31.5 Å². The Morgan fingerprint density at radius 1 is 1.38 bits per heavy atom. The maximum Gasteiger partial charge on any atom is 0.311 e. The zero-order chi connectivity index (χ0) is 15.2. The molecule has 0 spiro atoms. The van der Waals surface area contributed by atoms with Crippen molar-refractivity contribution >= 4 is 29.3 Å². The molecule has 1 aliphatic rings. The summed E-state index contributed by atoms with van der Waals surface area (Å²) < 4.78 is 0. The third-order valence-electron chi connectivity index (χ3n) is 3.71. The van der Waals surface area contributed by atoms with Gasteiger partial charge in [-0.25, -0.2) is 0 Å². The first kappa shape index (κ1) is 15.9. The van der Waals surface area contributed by atoms with Crippen molar-refractivity contribution in [3.05, 3.63) is 29.8 Å². The van der Waals surface area contributed by atoms with E-state index in [1.807, 2.05) is 24.3 Å². The van der Waals surface area contributed by atoms with Crippen LogP contribution in [0.3, 0.4) is 0 Å². The van der Waals surface area contributed by atoms with Crippen LogP contribution in [0.1, 0.15) is 37.7 Å². The number of fused-ring (bicyclic) bond motifs is 1. The number of para-hydroxylation sites is 1. The van der Waals surface area contributed by atoms with Crippen LogP contribution in [0.2, 0.25) is 0 Å². The minimum absolute atomic E-state index is 0.0763. The zero-order valence-electron chi connectivity index (χ0n) is 12.2. The first-order valence-electron chi connectivity index (χ1n) is 7.35. The largest absolute Gasteiger partial charge is 0.481 e. The summed E-state index contributed by atoms with van der Waals surface area (Å²) in [6.45, 7) is 2.62. The van der Waals surface area contributed by atoms with Crippen LogP contribution in [0.5, 0.6) is 0 Å². The normalized spacial score (nSPS) is 17.4. The van der Waals surface area contributed by atoms with Gasteiger partial charge < -0.3 is 10.0 Å². The summed E-state index contributed by atoms with van der Waals surface area (Å²) in [7, 11) is 0. The standard InChI is InChI=1S/C16H21NO3S/c1-2-3-10-21-11-15(18)17-9-8-13(16(19)20)12-6-4-5-7-14(12)17/h4-7,13H,2-3,8-11H2,1H3,(H,19,20). The molecule has 1 N–H and O–H groups in total. The first-order chi connectivity index (χ1) is 10.1. The number of benzene rings is 1. The molecule has 1 unspecified atom stereocenters. The zero-order valence-corrected chi connectivity index (χ0v) is 13.1. The Balaban J connectivity index is 2.10. The molecule has 0 aliphatic carbocycles. The Morgan fingerprint density at radius 3 is 2.86 bits per heavy atom. The average Bonchev–Trinajstić information content (AvgIpc) is 2.50. The van der Waals surface area contributed by atoms with Gasteiger partial charge in [-0.15, -0.1) is 0 Å². The number of carbonyl (C=O) groups excluding carboxylic acids is 1. The van der Waals surface area contributed by atoms with Crippen molar-refractivity contribution < 1.29 is 14.7 Å². The van der Waals surface area contributed by atoms with E-state index in [4.69, 9.17) is 0 Å². The molecule has 4 nitrogen and oxygen atoms in total. The summed E-state index contributed by atoms with van der Waals surface area (Å²) in [5.41, 5.74) is 1.51. The van der Waals surface area contributed by atoms with Crippen LogP contribution in [0, 0.1) is 0 Å². The molecule has 0 saturated carbocycles. The quantitative estimate of drug-likeness (QED) is 0.820. The lowest BCUT2D eigenvalue weighted by Crippen LogP contribution is -2.39. The second kappa shape index (κ2) is 7.50. The van der Waals surface area contributed by atoms with Crippen LogP contribution in [0.4, 0.5) is 5.69 Å². The highest BCUT2D eigenvalue weighted by Gasteiger charge is 2.31. The fourth-order valence-corrected chi connectivity index (χ4v) is 3.53. The van der Waals surface area contributed by atoms with E-state index < -0.39 is 11.9 Å². The van der Waals surface area contributed by atoms with Gasteiger partial charge in [-0.2, -0.15) is 11.8 Å². The SMILES string of the molecule is CCCCSCC(=O)N1CCC(C(=O)O)c2ccccc21. The second-order valence-electron chi connectivity index (χ2n) is 5.19. The number of unbranched alkanes of at least 4 members (excludes halogenated alkanes) is 1. The maximum absolute atomic E-state index is 12.4. The molecule has 1 aromatic carbocycles. The number of thioether (sulfide) groups is 1. The Kier molecular flexibility index (Phi) is 5.67. The highest BCUT2D eigenvalue weighted by Crippen LogP contribution is 2.35. The number of nitrogens with zero attached hydrogens (tertiary/aromatic N) is 1. The predicted octanol–water partition coefficient (Wildman–Crippen LogP) is 3.12. The topological polar surface area (TPSA) is 57.6 Å². The Labute approximate surface area is 129 Å². The Morgan fingerprint density at radius 2 is 2.14 bits per heavy atom. The summed E-state index contributed by atoms with van der Waals surface area (Å²) in [4.78, 5) is 25.4. The summed E-state index contributed by atoms with van der Waals surface area (Å²) in [5.74, 6) is 0.221. The smallest absolute Gasteiger partial charge is 0.311 e. The maximum atomic E-state index is 12.4. The summed E-state index contributed by atoms with van der Waals surface area (Å²) >= 11 is 1.65. The molecule has 1 amide bonds. The summed E-state index contributed by atoms with van der Waals surface area (Å²) in [6, 6.07) is 7.35. The third kappa shape index (κ3) is 3.79. The van der Waals surface area contributed by atoms with Crippen LogP contribution in [0.15, 0.2) is 24.3 Å². The molecule has 1 heterocycles. The van der Waals surface area contributed by atoms with E-state index in [0.29, 0.717) is 18.7 Å². The molecule has 1 atom stereocenters. The lowest BCUT2D eigenvalue weighted by Gasteiger charge is -2.32. The average molecular weight is 307 g/mol. The van der Waals surface area contributed by atoms with E-state index >= 15 is 0 Å². The van der Waals surface area contributed by atoms with Crippen molar-refractivity contribution in [2.24, 2.45) is 0 Å². The van der Waals surface area contributed by atoms with Gasteiger partial charge in [0.05, 0.1) is 11.7 Å². The van der Waals surface area contributed by atoms with Crippen molar-refractivity contribution in [1.29, 1.82) is 0 Å². The molecule has 0 bridgehead atoms. The van der Waals surface area contributed by atoms with Gasteiger partial charge in [0.2, 0.25) is 5.91 Å². The van der Waals surface area contributed by atoms with Gasteiger partial charge in [0.15, 0.2) is 0 Å². The van der Waals surface area contributed by atoms with Crippen molar-refractivity contribution in [3.63, 3.8) is 0 Å². The van der Waals surface area contributed by atoms with E-state index in [1.165, 1.54) is 0 Å². The number of aliphatic carboxylic acids is 1. The number of carbonyl (C=O) groups is 2. The van der Waals surface area contributed by atoms with Crippen molar-refractivity contribution in [2.75, 3.05) is 23.0 Å². The Hall–Kier alpha value is -1.49. The number of hydrogen-bond acceptors (Lipinski definition) is 3. The van der Waals surface area contributed by atoms with Gasteiger partial charge >= 0.3 is 5.97 Å². The van der Waals surface area contributed by atoms with Crippen LogP contribution in [-0.4, -0.2) is 35.0 Å². The highest BCUT2D eigenvalue weighted by molar-refractivity contribution is 7.99. The Bertz CT molecular complexity index is 518. The van der Waals surface area contributed by atoms with Gasteiger partial charge in [0.1, 0.15) is 0 Å². The molecule has 0 radical (unpaired) electrons. The van der Waals surface area contributed by atoms with Crippen molar-refractivity contribution in [3.8, 4) is 0 Å². The van der Waals surface area contributed by atoms with Crippen LogP contribution in [-0.2, 0) is 9.59 Å². The fourth-order valence-electron chi connectivity index (χ4n) is 2.56. The predicted molar refractivity (Wildman–Crippen MR) is 86.0 cm³/mol. The van der Waals surface area contributed by atoms with Crippen LogP contribution < -0.4 is 4.90 Å². The number of amides is 1. The lowest BCUT2D eigenvalue weighted by atomic mass is 9.90. The number of anilines is 1. The van der Waals surface area contributed by atoms with E-state index in [1.54, 1.807) is 16.7 Å².